The lowest BCUT2D eigenvalue weighted by atomic mass is 10.0. The molecule has 0 radical (unpaired) electrons. The van der Waals surface area contributed by atoms with Crippen LogP contribution >= 0.6 is 0 Å². The number of amides is 1. The summed E-state index contributed by atoms with van der Waals surface area (Å²) in [6.45, 7) is 10.6. The Labute approximate surface area is 182 Å². The van der Waals surface area contributed by atoms with Crippen LogP contribution in [0.1, 0.15) is 43.8 Å². The van der Waals surface area contributed by atoms with Crippen molar-refractivity contribution in [1.29, 1.82) is 0 Å². The van der Waals surface area contributed by atoms with Gasteiger partial charge in [0, 0.05) is 11.9 Å². The number of cyclic esters (lactones) is 1. The molecular formula is C23H28N6O2. The van der Waals surface area contributed by atoms with Crippen molar-refractivity contribution in [3.05, 3.63) is 59.5 Å². The molecule has 4 rings (SSSR count). The molecule has 0 bridgehead atoms. The van der Waals surface area contributed by atoms with Crippen LogP contribution in [0.25, 0.3) is 5.69 Å². The van der Waals surface area contributed by atoms with Crippen molar-refractivity contribution >= 4 is 17.9 Å². The molecule has 0 saturated carbocycles. The van der Waals surface area contributed by atoms with E-state index in [0.29, 0.717) is 18.4 Å². The summed E-state index contributed by atoms with van der Waals surface area (Å²) < 4.78 is 7.18. The van der Waals surface area contributed by atoms with Crippen molar-refractivity contribution in [2.24, 2.45) is 5.92 Å². The number of hydrogen-bond acceptors (Lipinski definition) is 6. The van der Waals surface area contributed by atoms with Crippen molar-refractivity contribution in [3.63, 3.8) is 0 Å². The maximum absolute atomic E-state index is 12.2. The average molecular weight is 421 g/mol. The van der Waals surface area contributed by atoms with Crippen molar-refractivity contribution in [3.8, 4) is 5.69 Å². The van der Waals surface area contributed by atoms with Crippen LogP contribution in [0.3, 0.4) is 0 Å². The molecule has 1 saturated heterocycles. The molecule has 3 heterocycles. The molecule has 3 aromatic rings. The summed E-state index contributed by atoms with van der Waals surface area (Å²) in [7, 11) is 0. The van der Waals surface area contributed by atoms with Crippen LogP contribution in [0.15, 0.2) is 42.6 Å². The number of aromatic nitrogens is 4. The quantitative estimate of drug-likeness (QED) is 0.635. The largest absolute Gasteiger partial charge is 0.447 e. The lowest BCUT2D eigenvalue weighted by molar-refractivity contribution is 0.177. The lowest BCUT2D eigenvalue weighted by Gasteiger charge is -2.23. The summed E-state index contributed by atoms with van der Waals surface area (Å²) in [6, 6.07) is 12.0. The molecule has 8 heteroatoms. The van der Waals surface area contributed by atoms with Crippen LogP contribution in [0.4, 0.5) is 16.6 Å². The second-order valence-electron chi connectivity index (χ2n) is 8.29. The van der Waals surface area contributed by atoms with Gasteiger partial charge in [0.15, 0.2) is 0 Å². The van der Waals surface area contributed by atoms with Crippen LogP contribution in [-0.4, -0.2) is 38.5 Å². The molecule has 1 N–H and O–H groups in total. The number of benzene rings is 1. The number of carbonyl (C=O) groups is 1. The summed E-state index contributed by atoms with van der Waals surface area (Å²) in [6.07, 6.45) is 1.29. The molecule has 1 fully saturated rings. The minimum atomic E-state index is -0.365. The van der Waals surface area contributed by atoms with E-state index in [9.17, 15) is 4.79 Å². The summed E-state index contributed by atoms with van der Waals surface area (Å²) in [5.41, 5.74) is 4.21. The fraction of sp³-hybridized carbons (Fsp3) is 0.391. The van der Waals surface area contributed by atoms with Crippen molar-refractivity contribution < 1.29 is 9.53 Å². The monoisotopic (exact) mass is 420 g/mol. The molecule has 1 amide bonds. The topological polar surface area (TPSA) is 85.2 Å². The number of anilines is 2. The number of carbonyl (C=O) groups excluding carboxylic acids is 1. The third kappa shape index (κ3) is 4.23. The Balaban J connectivity index is 1.50. The number of hydrogen-bond donors (Lipinski definition) is 1. The second kappa shape index (κ2) is 8.37. The second-order valence-corrected chi connectivity index (χ2v) is 8.29. The Morgan fingerprint density at radius 1 is 1.13 bits per heavy atom. The van der Waals surface area contributed by atoms with E-state index in [4.69, 9.17) is 4.74 Å². The van der Waals surface area contributed by atoms with Gasteiger partial charge < -0.3 is 10.1 Å². The molecule has 1 aromatic carbocycles. The van der Waals surface area contributed by atoms with Gasteiger partial charge in [-0.3, -0.25) is 4.90 Å². The number of aryl methyl sites for hydroxylation is 2. The Kier molecular flexibility index (Phi) is 5.63. The van der Waals surface area contributed by atoms with Crippen molar-refractivity contribution in [2.45, 2.75) is 46.7 Å². The third-order valence-corrected chi connectivity index (χ3v) is 5.56. The smallest absolute Gasteiger partial charge is 0.415 e. The van der Waals surface area contributed by atoms with E-state index in [1.54, 1.807) is 17.2 Å². The van der Waals surface area contributed by atoms with Gasteiger partial charge in [-0.15, -0.1) is 0 Å². The van der Waals surface area contributed by atoms with Gasteiger partial charge in [0.25, 0.3) is 0 Å². The Morgan fingerprint density at radius 2 is 1.87 bits per heavy atom. The highest BCUT2D eigenvalue weighted by atomic mass is 16.6. The van der Waals surface area contributed by atoms with Gasteiger partial charge >= 0.3 is 6.09 Å². The van der Waals surface area contributed by atoms with Gasteiger partial charge in [0.2, 0.25) is 5.95 Å². The van der Waals surface area contributed by atoms with Crippen LogP contribution in [0, 0.1) is 19.8 Å². The normalized spacial score (nSPS) is 17.2. The first-order valence-electron chi connectivity index (χ1n) is 10.5. The van der Waals surface area contributed by atoms with Gasteiger partial charge in [-0.2, -0.15) is 10.1 Å². The SMILES string of the molecule is Cc1cc(C)n(-c2ccc([C@H](C)Nc3nccc(N4C(=O)OC[C@@H]4C(C)C)n3)cc2)n1. The average Bonchev–Trinajstić information content (AvgIpc) is 3.29. The molecule has 1 aliphatic heterocycles. The van der Waals surface area contributed by atoms with E-state index in [1.165, 1.54) is 0 Å². The molecule has 31 heavy (non-hydrogen) atoms. The molecule has 0 unspecified atom stereocenters. The van der Waals surface area contributed by atoms with Crippen LogP contribution in [-0.2, 0) is 4.74 Å². The molecule has 1 aliphatic rings. The summed E-state index contributed by atoms with van der Waals surface area (Å²) in [5.74, 6) is 1.28. The minimum Gasteiger partial charge on any atom is -0.447 e. The number of rotatable bonds is 6. The lowest BCUT2D eigenvalue weighted by Crippen LogP contribution is -2.37. The molecule has 0 aliphatic carbocycles. The summed E-state index contributed by atoms with van der Waals surface area (Å²) >= 11 is 0. The zero-order chi connectivity index (χ0) is 22.1. The van der Waals surface area contributed by atoms with E-state index in [1.807, 2.05) is 18.5 Å². The zero-order valence-corrected chi connectivity index (χ0v) is 18.5. The molecule has 0 spiro atoms. The Hall–Kier alpha value is -3.42. The first kappa shape index (κ1) is 20.8. The van der Waals surface area contributed by atoms with E-state index in [-0.39, 0.29) is 24.1 Å². The highest BCUT2D eigenvalue weighted by molar-refractivity contribution is 5.89. The summed E-state index contributed by atoms with van der Waals surface area (Å²) in [4.78, 5) is 22.8. The van der Waals surface area contributed by atoms with Gasteiger partial charge in [0.1, 0.15) is 12.4 Å². The molecule has 2 atom stereocenters. The maximum atomic E-state index is 12.2. The maximum Gasteiger partial charge on any atom is 0.415 e. The Morgan fingerprint density at radius 3 is 2.52 bits per heavy atom. The van der Waals surface area contributed by atoms with Gasteiger partial charge in [-0.1, -0.05) is 26.0 Å². The molecule has 8 nitrogen and oxygen atoms in total. The molecule has 2 aromatic heterocycles. The van der Waals surface area contributed by atoms with E-state index < -0.39 is 0 Å². The number of nitrogens with zero attached hydrogens (tertiary/aromatic N) is 5. The summed E-state index contributed by atoms with van der Waals surface area (Å²) in [5, 5.41) is 7.87. The fourth-order valence-corrected chi connectivity index (χ4v) is 3.81. The van der Waals surface area contributed by atoms with E-state index in [0.717, 1.165) is 22.6 Å². The standard InChI is InChI=1S/C23H28N6O2/c1-14(2)20-13-31-23(30)28(20)21-10-11-24-22(26-21)25-17(5)18-6-8-19(9-7-18)29-16(4)12-15(3)27-29/h6-12,14,17,20H,13H2,1-5H3,(H,24,25,26)/t17-,20+/m0/s1. The van der Waals surface area contributed by atoms with Gasteiger partial charge in [0.05, 0.1) is 23.5 Å². The first-order chi connectivity index (χ1) is 14.8. The first-order valence-corrected chi connectivity index (χ1v) is 10.5. The van der Waals surface area contributed by atoms with Gasteiger partial charge in [-0.05, 0) is 56.5 Å². The number of nitrogens with one attached hydrogen (secondary N) is 1. The highest BCUT2D eigenvalue weighted by Gasteiger charge is 2.37. The van der Waals surface area contributed by atoms with Crippen LogP contribution in [0.2, 0.25) is 0 Å². The van der Waals surface area contributed by atoms with Crippen LogP contribution in [0.5, 0.6) is 0 Å². The Bertz CT molecular complexity index is 1080. The predicted octanol–water partition coefficient (Wildman–Crippen LogP) is 4.43. The zero-order valence-electron chi connectivity index (χ0n) is 18.5. The predicted molar refractivity (Wildman–Crippen MR) is 120 cm³/mol. The minimum absolute atomic E-state index is 0.0174. The van der Waals surface area contributed by atoms with Gasteiger partial charge in [-0.25, -0.2) is 14.5 Å². The van der Waals surface area contributed by atoms with Crippen molar-refractivity contribution in [1.82, 2.24) is 19.7 Å². The van der Waals surface area contributed by atoms with Crippen molar-refractivity contribution in [2.75, 3.05) is 16.8 Å². The number of ether oxygens (including phenoxy) is 1. The molecule has 162 valence electrons. The highest BCUT2D eigenvalue weighted by Crippen LogP contribution is 2.27. The van der Waals surface area contributed by atoms with Crippen LogP contribution < -0.4 is 10.2 Å². The molecular weight excluding hydrogens is 392 g/mol. The van der Waals surface area contributed by atoms with E-state index in [2.05, 4.69) is 71.5 Å². The van der Waals surface area contributed by atoms with E-state index >= 15 is 0 Å². The third-order valence-electron chi connectivity index (χ3n) is 5.56. The fourth-order valence-electron chi connectivity index (χ4n) is 3.81.